The van der Waals surface area contributed by atoms with Crippen LogP contribution in [0.1, 0.15) is 11.1 Å². The van der Waals surface area contributed by atoms with Crippen molar-refractivity contribution in [2.24, 2.45) is 0 Å². The van der Waals surface area contributed by atoms with Crippen molar-refractivity contribution in [1.82, 2.24) is 0 Å². The summed E-state index contributed by atoms with van der Waals surface area (Å²) < 4.78 is 2.07. The summed E-state index contributed by atoms with van der Waals surface area (Å²) in [7, 11) is 0. The van der Waals surface area contributed by atoms with E-state index in [2.05, 4.69) is 38.4 Å². The Morgan fingerprint density at radius 3 is 1.44 bits per heavy atom. The molecule has 0 aliphatic carbocycles. The van der Waals surface area contributed by atoms with E-state index in [1.54, 1.807) is 6.08 Å². The van der Waals surface area contributed by atoms with E-state index in [0.29, 0.717) is 0 Å². The highest BCUT2D eigenvalue weighted by Crippen LogP contribution is 2.38. The van der Waals surface area contributed by atoms with Gasteiger partial charge in [0.1, 0.15) is 4.87 Å². The first kappa shape index (κ1) is 13.9. The first-order valence-corrected chi connectivity index (χ1v) is 7.37. The lowest BCUT2D eigenvalue weighted by molar-refractivity contribution is 0.925. The molecule has 0 aromatic heterocycles. The van der Waals surface area contributed by atoms with E-state index < -0.39 is 4.87 Å². The number of benzene rings is 2. The Bertz CT molecular complexity index is 498. The summed E-state index contributed by atoms with van der Waals surface area (Å²) in [5.74, 6) is 0. The highest BCUT2D eigenvalue weighted by molar-refractivity contribution is 9.10. The van der Waals surface area contributed by atoms with E-state index >= 15 is 0 Å². The van der Waals surface area contributed by atoms with Crippen LogP contribution in [0.25, 0.3) is 0 Å². The molecule has 0 saturated heterocycles. The lowest BCUT2D eigenvalue weighted by Gasteiger charge is -2.24. The molecule has 0 aliphatic rings. The third-order valence-corrected chi connectivity index (χ3v) is 4.46. The van der Waals surface area contributed by atoms with E-state index in [-0.39, 0.29) is 0 Å². The Morgan fingerprint density at radius 1 is 0.833 bits per heavy atom. The monoisotopic (exact) mass is 384 g/mol. The highest BCUT2D eigenvalue weighted by Gasteiger charge is 2.27. The van der Waals surface area contributed by atoms with Crippen LogP contribution in [0.3, 0.4) is 0 Å². The summed E-state index contributed by atoms with van der Waals surface area (Å²) in [5, 5.41) is 0. The lowest BCUT2D eigenvalue weighted by atomic mass is 9.90. The van der Waals surface area contributed by atoms with Crippen LogP contribution < -0.4 is 0 Å². The molecule has 0 amide bonds. The second-order valence-electron chi connectivity index (χ2n) is 3.93. The van der Waals surface area contributed by atoms with Crippen LogP contribution in [-0.2, 0) is 4.87 Å². The third-order valence-electron chi connectivity index (χ3n) is 2.81. The average Bonchev–Trinajstić information content (AvgIpc) is 2.39. The molecule has 92 valence electrons. The fraction of sp³-hybridized carbons (Fsp3) is 0.0667. The van der Waals surface area contributed by atoms with Gasteiger partial charge in [-0.3, -0.25) is 0 Å². The number of hydrogen-bond donors (Lipinski definition) is 0. The SMILES string of the molecule is C=CC(Cl)(c1ccc(Br)cc1)c1ccc(Br)cc1. The smallest absolute Gasteiger partial charge is 0.104 e. The minimum atomic E-state index is -0.693. The lowest BCUT2D eigenvalue weighted by Crippen LogP contribution is -2.16. The van der Waals surface area contributed by atoms with Crippen LogP contribution >= 0.6 is 43.5 Å². The molecule has 0 aliphatic heterocycles. The quantitative estimate of drug-likeness (QED) is 0.456. The van der Waals surface area contributed by atoms with Gasteiger partial charge in [-0.25, -0.2) is 0 Å². The summed E-state index contributed by atoms with van der Waals surface area (Å²) in [4.78, 5) is -0.693. The summed E-state index contributed by atoms with van der Waals surface area (Å²) >= 11 is 13.6. The Hall–Kier alpha value is -0.570. The zero-order valence-corrected chi connectivity index (χ0v) is 13.5. The molecule has 0 nitrogen and oxygen atoms in total. The van der Waals surface area contributed by atoms with Gasteiger partial charge in [-0.15, -0.1) is 18.2 Å². The van der Waals surface area contributed by atoms with Gasteiger partial charge in [0.2, 0.25) is 0 Å². The molecule has 0 radical (unpaired) electrons. The number of allylic oxidation sites excluding steroid dienone is 1. The molecule has 2 aromatic carbocycles. The van der Waals surface area contributed by atoms with Crippen molar-refractivity contribution in [1.29, 1.82) is 0 Å². The van der Waals surface area contributed by atoms with Gasteiger partial charge < -0.3 is 0 Å². The zero-order valence-electron chi connectivity index (χ0n) is 9.54. The topological polar surface area (TPSA) is 0 Å². The van der Waals surface area contributed by atoms with Crippen LogP contribution in [-0.4, -0.2) is 0 Å². The summed E-state index contributed by atoms with van der Waals surface area (Å²) in [6.07, 6.45) is 1.76. The Balaban J connectivity index is 2.50. The Labute approximate surface area is 129 Å². The predicted octanol–water partition coefficient (Wildman–Crippen LogP) is 5.88. The van der Waals surface area contributed by atoms with Crippen molar-refractivity contribution in [3.05, 3.63) is 81.3 Å². The summed E-state index contributed by atoms with van der Waals surface area (Å²) in [6.45, 7) is 3.88. The van der Waals surface area contributed by atoms with Crippen LogP contribution in [0.5, 0.6) is 0 Å². The fourth-order valence-electron chi connectivity index (χ4n) is 1.79. The second kappa shape index (κ2) is 5.60. The van der Waals surface area contributed by atoms with Gasteiger partial charge in [0.15, 0.2) is 0 Å². The Kier molecular flexibility index (Phi) is 4.31. The molecule has 0 spiro atoms. The van der Waals surface area contributed by atoms with Gasteiger partial charge in [-0.05, 0) is 35.4 Å². The van der Waals surface area contributed by atoms with Crippen LogP contribution in [0, 0.1) is 0 Å². The largest absolute Gasteiger partial charge is 0.112 e. The first-order chi connectivity index (χ1) is 8.56. The number of alkyl halides is 1. The van der Waals surface area contributed by atoms with Gasteiger partial charge in [-0.1, -0.05) is 62.2 Å². The molecule has 0 heterocycles. The zero-order chi connectivity index (χ0) is 13.2. The van der Waals surface area contributed by atoms with Crippen molar-refractivity contribution >= 4 is 43.5 Å². The minimum Gasteiger partial charge on any atom is -0.104 e. The van der Waals surface area contributed by atoms with Crippen molar-refractivity contribution in [2.75, 3.05) is 0 Å². The van der Waals surface area contributed by atoms with Gasteiger partial charge in [-0.2, -0.15) is 0 Å². The number of rotatable bonds is 3. The van der Waals surface area contributed by atoms with Gasteiger partial charge in [0.25, 0.3) is 0 Å². The standard InChI is InChI=1S/C15H11Br2Cl/c1-2-15(18,11-3-7-13(16)8-4-11)12-5-9-14(17)10-6-12/h2-10H,1H2. The van der Waals surface area contributed by atoms with Gasteiger partial charge in [0, 0.05) is 8.95 Å². The molecule has 2 aromatic rings. The van der Waals surface area contributed by atoms with E-state index in [0.717, 1.165) is 20.1 Å². The molecular weight excluding hydrogens is 375 g/mol. The maximum atomic E-state index is 6.73. The molecule has 0 atom stereocenters. The predicted molar refractivity (Wildman–Crippen MR) is 85.1 cm³/mol. The molecule has 0 bridgehead atoms. The van der Waals surface area contributed by atoms with E-state index in [1.807, 2.05) is 48.5 Å². The van der Waals surface area contributed by atoms with Crippen molar-refractivity contribution in [3.63, 3.8) is 0 Å². The van der Waals surface area contributed by atoms with E-state index in [1.165, 1.54) is 0 Å². The van der Waals surface area contributed by atoms with Crippen molar-refractivity contribution in [3.8, 4) is 0 Å². The van der Waals surface area contributed by atoms with Crippen LogP contribution in [0.15, 0.2) is 70.1 Å². The average molecular weight is 387 g/mol. The minimum absolute atomic E-state index is 0.693. The second-order valence-corrected chi connectivity index (χ2v) is 6.36. The molecule has 3 heteroatoms. The fourth-order valence-corrected chi connectivity index (χ4v) is 2.57. The van der Waals surface area contributed by atoms with Crippen LogP contribution in [0.4, 0.5) is 0 Å². The molecule has 0 saturated carbocycles. The van der Waals surface area contributed by atoms with Crippen molar-refractivity contribution in [2.45, 2.75) is 4.87 Å². The van der Waals surface area contributed by atoms with Gasteiger partial charge in [0.05, 0.1) is 0 Å². The summed E-state index contributed by atoms with van der Waals surface area (Å²) in [5.41, 5.74) is 2.01. The third kappa shape index (κ3) is 2.71. The first-order valence-electron chi connectivity index (χ1n) is 5.41. The normalized spacial score (nSPS) is 11.3. The molecule has 18 heavy (non-hydrogen) atoms. The highest BCUT2D eigenvalue weighted by atomic mass is 79.9. The molecular formula is C15H11Br2Cl. The summed E-state index contributed by atoms with van der Waals surface area (Å²) in [6, 6.07) is 15.9. The molecule has 0 fully saturated rings. The maximum Gasteiger partial charge on any atom is 0.112 e. The maximum absolute atomic E-state index is 6.73. The van der Waals surface area contributed by atoms with Gasteiger partial charge >= 0.3 is 0 Å². The Morgan fingerprint density at radius 2 is 1.17 bits per heavy atom. The van der Waals surface area contributed by atoms with Crippen LogP contribution in [0.2, 0.25) is 0 Å². The van der Waals surface area contributed by atoms with Crippen molar-refractivity contribution < 1.29 is 0 Å². The molecule has 2 rings (SSSR count). The molecule has 0 unspecified atom stereocenters. The van der Waals surface area contributed by atoms with E-state index in [4.69, 9.17) is 11.6 Å². The number of halogens is 3. The number of hydrogen-bond acceptors (Lipinski definition) is 0. The van der Waals surface area contributed by atoms with E-state index in [9.17, 15) is 0 Å². The molecule has 0 N–H and O–H groups in total.